The average molecular weight is 429 g/mol. The number of benzene rings is 2. The Balaban J connectivity index is 1.36. The van der Waals surface area contributed by atoms with Gasteiger partial charge in [0.25, 0.3) is 0 Å². The first kappa shape index (κ1) is 21.1. The Kier molecular flexibility index (Phi) is 5.73. The van der Waals surface area contributed by atoms with Gasteiger partial charge in [-0.2, -0.15) is 0 Å². The van der Waals surface area contributed by atoms with Crippen LogP contribution in [0.1, 0.15) is 44.6 Å². The molecule has 2 aromatic carbocycles. The fourth-order valence-electron chi connectivity index (χ4n) is 5.50. The summed E-state index contributed by atoms with van der Waals surface area (Å²) in [6.45, 7) is 3.93. The number of hydrogen-bond donors (Lipinski definition) is 0. The van der Waals surface area contributed by atoms with Gasteiger partial charge in [0.1, 0.15) is 0 Å². The van der Waals surface area contributed by atoms with E-state index in [1.54, 1.807) is 0 Å². The summed E-state index contributed by atoms with van der Waals surface area (Å²) >= 11 is 0. The lowest BCUT2D eigenvalue weighted by molar-refractivity contribution is -0.137. The van der Waals surface area contributed by atoms with Gasteiger partial charge in [-0.1, -0.05) is 49.4 Å². The predicted octanol–water partition coefficient (Wildman–Crippen LogP) is 5.80. The number of likely N-dealkylation sites (tertiary alicyclic amines) is 1. The highest BCUT2D eigenvalue weighted by Crippen LogP contribution is 2.43. The molecule has 0 radical (unpaired) electrons. The Labute approximate surface area is 190 Å². The van der Waals surface area contributed by atoms with Crippen LogP contribution in [0.5, 0.6) is 0 Å². The number of pyridine rings is 1. The molecule has 32 heavy (non-hydrogen) atoms. The van der Waals surface area contributed by atoms with Gasteiger partial charge in [0.05, 0.1) is 11.1 Å². The van der Waals surface area contributed by atoms with Gasteiger partial charge < -0.3 is 9.64 Å². The van der Waals surface area contributed by atoms with Crippen molar-refractivity contribution in [3.8, 4) is 11.1 Å². The van der Waals surface area contributed by atoms with Crippen molar-refractivity contribution in [1.29, 1.82) is 0 Å². The molecular formula is C28H32N2O2. The topological polar surface area (TPSA) is 42.4 Å². The molecule has 3 aromatic rings. The van der Waals surface area contributed by atoms with E-state index in [4.69, 9.17) is 4.74 Å². The van der Waals surface area contributed by atoms with Crippen LogP contribution in [0.3, 0.4) is 0 Å². The van der Waals surface area contributed by atoms with Gasteiger partial charge in [-0.05, 0) is 66.8 Å². The number of fused-ring (bicyclic) bond motifs is 1. The molecule has 0 spiro atoms. The van der Waals surface area contributed by atoms with Gasteiger partial charge in [0.15, 0.2) is 0 Å². The predicted molar refractivity (Wildman–Crippen MR) is 128 cm³/mol. The molecule has 1 aromatic heterocycles. The van der Waals surface area contributed by atoms with E-state index in [9.17, 15) is 4.79 Å². The summed E-state index contributed by atoms with van der Waals surface area (Å²) in [5.74, 6) is 1.09. The van der Waals surface area contributed by atoms with Crippen molar-refractivity contribution in [3.05, 3.63) is 66.4 Å². The van der Waals surface area contributed by atoms with Crippen LogP contribution in [0.4, 0.5) is 0 Å². The van der Waals surface area contributed by atoms with E-state index in [1.165, 1.54) is 16.7 Å². The van der Waals surface area contributed by atoms with Crippen molar-refractivity contribution < 1.29 is 9.53 Å². The molecule has 1 saturated carbocycles. The monoisotopic (exact) mass is 428 g/mol. The SMILES string of the molecule is CCC(OC)(c1ccc(-c2ccc3cccnc3c2)cc1)C1CCN(C(=O)C2CC2)CC1. The van der Waals surface area contributed by atoms with Crippen molar-refractivity contribution >= 4 is 16.8 Å². The standard InChI is InChI=1S/C28H32N2O2/c1-3-28(32-2,25-14-17-30(18-15-25)27(31)22-7-8-22)24-12-10-20(11-13-24)23-9-6-21-5-4-16-29-26(21)19-23/h4-6,9-13,16,19,22,25H,3,7-8,14-15,17-18H2,1-2H3. The van der Waals surface area contributed by atoms with Gasteiger partial charge in [-0.3, -0.25) is 9.78 Å². The molecule has 4 nitrogen and oxygen atoms in total. The Hall–Kier alpha value is -2.72. The minimum Gasteiger partial charge on any atom is -0.373 e. The molecule has 1 unspecified atom stereocenters. The molecule has 0 bridgehead atoms. The van der Waals surface area contributed by atoms with Crippen molar-refractivity contribution in [1.82, 2.24) is 9.88 Å². The molecule has 1 saturated heterocycles. The first-order valence-corrected chi connectivity index (χ1v) is 11.9. The van der Waals surface area contributed by atoms with Crippen LogP contribution < -0.4 is 0 Å². The second kappa shape index (κ2) is 8.67. The number of nitrogens with zero attached hydrogens (tertiary/aromatic N) is 2. The van der Waals surface area contributed by atoms with E-state index >= 15 is 0 Å². The lowest BCUT2D eigenvalue weighted by Gasteiger charge is -2.44. The Morgan fingerprint density at radius 3 is 2.41 bits per heavy atom. The number of carbonyl (C=O) groups is 1. The van der Waals surface area contributed by atoms with Crippen molar-refractivity contribution in [2.24, 2.45) is 11.8 Å². The minimum absolute atomic E-state index is 0.307. The number of hydrogen-bond acceptors (Lipinski definition) is 3. The van der Waals surface area contributed by atoms with Crippen LogP contribution in [-0.2, 0) is 15.1 Å². The molecule has 2 fully saturated rings. The first-order valence-electron chi connectivity index (χ1n) is 11.9. The first-order chi connectivity index (χ1) is 15.6. The second-order valence-corrected chi connectivity index (χ2v) is 9.31. The van der Waals surface area contributed by atoms with Gasteiger partial charge in [-0.15, -0.1) is 0 Å². The van der Waals surface area contributed by atoms with E-state index in [0.717, 1.165) is 56.1 Å². The highest BCUT2D eigenvalue weighted by atomic mass is 16.5. The highest BCUT2D eigenvalue weighted by molar-refractivity contribution is 5.84. The molecule has 4 heteroatoms. The van der Waals surface area contributed by atoms with Crippen LogP contribution in [0.15, 0.2) is 60.8 Å². The van der Waals surface area contributed by atoms with Crippen LogP contribution >= 0.6 is 0 Å². The third-order valence-electron chi connectivity index (χ3n) is 7.59. The summed E-state index contributed by atoms with van der Waals surface area (Å²) in [5, 5.41) is 1.16. The number of rotatable bonds is 6. The van der Waals surface area contributed by atoms with Gasteiger partial charge in [0, 0.05) is 37.7 Å². The van der Waals surface area contributed by atoms with E-state index < -0.39 is 0 Å². The molecule has 1 amide bonds. The zero-order valence-electron chi connectivity index (χ0n) is 19.1. The molecule has 166 valence electrons. The summed E-state index contributed by atoms with van der Waals surface area (Å²) in [5.41, 5.74) is 4.30. The van der Waals surface area contributed by atoms with E-state index in [1.807, 2.05) is 19.4 Å². The number of piperidine rings is 1. The van der Waals surface area contributed by atoms with Crippen LogP contribution in [0.2, 0.25) is 0 Å². The van der Waals surface area contributed by atoms with Crippen molar-refractivity contribution in [2.45, 2.75) is 44.6 Å². The second-order valence-electron chi connectivity index (χ2n) is 9.31. The fraction of sp³-hybridized carbons (Fsp3) is 0.429. The van der Waals surface area contributed by atoms with Crippen LogP contribution in [0.25, 0.3) is 22.0 Å². The maximum absolute atomic E-state index is 12.5. The number of carbonyl (C=O) groups excluding carboxylic acids is 1. The molecule has 1 atom stereocenters. The lowest BCUT2D eigenvalue weighted by atomic mass is 9.74. The summed E-state index contributed by atoms with van der Waals surface area (Å²) in [4.78, 5) is 19.1. The largest absolute Gasteiger partial charge is 0.373 e. The lowest BCUT2D eigenvalue weighted by Crippen LogP contribution is -2.46. The zero-order valence-corrected chi connectivity index (χ0v) is 19.1. The average Bonchev–Trinajstić information content (AvgIpc) is 3.71. The number of ether oxygens (including phenoxy) is 1. The number of amides is 1. The van der Waals surface area contributed by atoms with E-state index in [-0.39, 0.29) is 5.60 Å². The van der Waals surface area contributed by atoms with Gasteiger partial charge in [0.2, 0.25) is 5.91 Å². The quantitative estimate of drug-likeness (QED) is 0.498. The van der Waals surface area contributed by atoms with Crippen LogP contribution in [-0.4, -0.2) is 36.0 Å². The third-order valence-corrected chi connectivity index (χ3v) is 7.59. The van der Waals surface area contributed by atoms with E-state index in [2.05, 4.69) is 65.3 Å². The van der Waals surface area contributed by atoms with Crippen molar-refractivity contribution in [3.63, 3.8) is 0 Å². The third kappa shape index (κ3) is 3.81. The molecule has 5 rings (SSSR count). The Bertz CT molecular complexity index is 1090. The summed E-state index contributed by atoms with van der Waals surface area (Å²) in [6.07, 6.45) is 6.91. The summed E-state index contributed by atoms with van der Waals surface area (Å²) in [6, 6.07) is 19.4. The maximum Gasteiger partial charge on any atom is 0.225 e. The molecule has 0 N–H and O–H groups in total. The van der Waals surface area contributed by atoms with Crippen molar-refractivity contribution in [2.75, 3.05) is 20.2 Å². The van der Waals surface area contributed by atoms with Gasteiger partial charge >= 0.3 is 0 Å². The zero-order chi connectivity index (χ0) is 22.1. The Morgan fingerprint density at radius 2 is 1.75 bits per heavy atom. The molecule has 2 heterocycles. The normalized spacial score (nSPS) is 19.1. The molecule has 1 aliphatic heterocycles. The molecule has 2 aliphatic rings. The minimum atomic E-state index is -0.307. The number of aromatic nitrogens is 1. The fourth-order valence-corrected chi connectivity index (χ4v) is 5.50. The summed E-state index contributed by atoms with van der Waals surface area (Å²) < 4.78 is 6.26. The Morgan fingerprint density at radius 1 is 1.03 bits per heavy atom. The maximum atomic E-state index is 12.5. The molecular weight excluding hydrogens is 396 g/mol. The van der Waals surface area contributed by atoms with E-state index in [0.29, 0.717) is 17.7 Å². The molecule has 1 aliphatic carbocycles. The number of methoxy groups -OCH3 is 1. The summed E-state index contributed by atoms with van der Waals surface area (Å²) in [7, 11) is 1.84. The highest BCUT2D eigenvalue weighted by Gasteiger charge is 2.42. The smallest absolute Gasteiger partial charge is 0.225 e. The van der Waals surface area contributed by atoms with Gasteiger partial charge in [-0.25, -0.2) is 0 Å². The van der Waals surface area contributed by atoms with Crippen LogP contribution in [0, 0.1) is 11.8 Å².